The molecular formula is C17H22ClN3O2. The van der Waals surface area contributed by atoms with Crippen molar-refractivity contribution in [3.8, 4) is 6.07 Å². The summed E-state index contributed by atoms with van der Waals surface area (Å²) in [4.78, 5) is 14.3. The molecule has 1 fully saturated rings. The molecule has 1 aromatic carbocycles. The average molecular weight is 336 g/mol. The molecule has 1 atom stereocenters. The van der Waals surface area contributed by atoms with Gasteiger partial charge in [-0.05, 0) is 57.0 Å². The number of halogens is 1. The molecule has 1 heterocycles. The van der Waals surface area contributed by atoms with Crippen LogP contribution in [0.15, 0.2) is 18.2 Å². The lowest BCUT2D eigenvalue weighted by Gasteiger charge is -2.33. The zero-order chi connectivity index (χ0) is 16.8. The predicted octanol–water partition coefficient (Wildman–Crippen LogP) is 2.63. The van der Waals surface area contributed by atoms with Crippen LogP contribution < -0.4 is 5.32 Å². The summed E-state index contributed by atoms with van der Waals surface area (Å²) in [5, 5.41) is 21.6. The molecule has 124 valence electrons. The first kappa shape index (κ1) is 17.7. The molecule has 0 aliphatic carbocycles. The SMILES string of the molecule is CC(O)C1CCN(CCC(=O)Nc2ccc(C#N)c(Cl)c2)CC1. The second kappa shape index (κ2) is 8.30. The van der Waals surface area contributed by atoms with E-state index in [0.29, 0.717) is 35.2 Å². The van der Waals surface area contributed by atoms with Crippen molar-refractivity contribution in [2.45, 2.75) is 32.3 Å². The first-order chi connectivity index (χ1) is 11.0. The maximum absolute atomic E-state index is 12.0. The highest BCUT2D eigenvalue weighted by molar-refractivity contribution is 6.32. The van der Waals surface area contributed by atoms with E-state index in [1.807, 2.05) is 13.0 Å². The molecule has 0 radical (unpaired) electrons. The van der Waals surface area contributed by atoms with Gasteiger partial charge in [0.25, 0.3) is 0 Å². The molecule has 0 saturated carbocycles. The van der Waals surface area contributed by atoms with Crippen LogP contribution in [0.1, 0.15) is 31.7 Å². The number of amides is 1. The number of benzene rings is 1. The second-order valence-corrected chi connectivity index (χ2v) is 6.43. The Morgan fingerprint density at radius 3 is 2.78 bits per heavy atom. The zero-order valence-corrected chi connectivity index (χ0v) is 14.0. The average Bonchev–Trinajstić information content (AvgIpc) is 2.53. The van der Waals surface area contributed by atoms with E-state index >= 15 is 0 Å². The fourth-order valence-corrected chi connectivity index (χ4v) is 3.05. The summed E-state index contributed by atoms with van der Waals surface area (Å²) in [6.07, 6.45) is 2.12. The summed E-state index contributed by atoms with van der Waals surface area (Å²) < 4.78 is 0. The molecule has 1 aromatic rings. The number of aliphatic hydroxyl groups is 1. The summed E-state index contributed by atoms with van der Waals surface area (Å²) >= 11 is 5.95. The number of hydrogen-bond acceptors (Lipinski definition) is 4. The summed E-state index contributed by atoms with van der Waals surface area (Å²) in [5.41, 5.74) is 0.998. The topological polar surface area (TPSA) is 76.4 Å². The van der Waals surface area contributed by atoms with E-state index in [2.05, 4.69) is 10.2 Å². The Balaban J connectivity index is 1.76. The molecule has 6 heteroatoms. The minimum absolute atomic E-state index is 0.0663. The van der Waals surface area contributed by atoms with Gasteiger partial charge in [-0.2, -0.15) is 5.26 Å². The third-order valence-corrected chi connectivity index (χ3v) is 4.66. The zero-order valence-electron chi connectivity index (χ0n) is 13.3. The van der Waals surface area contributed by atoms with Crippen LogP contribution in [-0.4, -0.2) is 41.7 Å². The van der Waals surface area contributed by atoms with Crippen molar-refractivity contribution in [3.05, 3.63) is 28.8 Å². The molecule has 0 bridgehead atoms. The van der Waals surface area contributed by atoms with Gasteiger partial charge in [0.15, 0.2) is 0 Å². The van der Waals surface area contributed by atoms with Gasteiger partial charge in [-0.15, -0.1) is 0 Å². The molecule has 23 heavy (non-hydrogen) atoms. The third kappa shape index (κ3) is 5.21. The summed E-state index contributed by atoms with van der Waals surface area (Å²) in [6.45, 7) is 4.40. The van der Waals surface area contributed by atoms with E-state index in [9.17, 15) is 9.90 Å². The minimum atomic E-state index is -0.249. The van der Waals surface area contributed by atoms with E-state index in [1.165, 1.54) is 0 Å². The Kier molecular flexibility index (Phi) is 6.40. The number of likely N-dealkylation sites (tertiary alicyclic amines) is 1. The van der Waals surface area contributed by atoms with Crippen molar-refractivity contribution in [3.63, 3.8) is 0 Å². The molecule has 1 saturated heterocycles. The van der Waals surface area contributed by atoms with Crippen LogP contribution in [0.25, 0.3) is 0 Å². The summed E-state index contributed by atoms with van der Waals surface area (Å²) in [7, 11) is 0. The number of nitrogens with one attached hydrogen (secondary N) is 1. The van der Waals surface area contributed by atoms with Crippen molar-refractivity contribution in [2.24, 2.45) is 5.92 Å². The van der Waals surface area contributed by atoms with E-state index in [4.69, 9.17) is 16.9 Å². The first-order valence-electron chi connectivity index (χ1n) is 7.89. The van der Waals surface area contributed by atoms with E-state index < -0.39 is 0 Å². The largest absolute Gasteiger partial charge is 0.393 e. The number of nitrogens with zero attached hydrogens (tertiary/aromatic N) is 2. The highest BCUT2D eigenvalue weighted by Crippen LogP contribution is 2.22. The number of piperidine rings is 1. The van der Waals surface area contributed by atoms with E-state index in [-0.39, 0.29) is 12.0 Å². The molecule has 2 rings (SSSR count). The number of hydrogen-bond donors (Lipinski definition) is 2. The first-order valence-corrected chi connectivity index (χ1v) is 8.27. The van der Waals surface area contributed by atoms with Crippen LogP contribution >= 0.6 is 11.6 Å². The molecule has 1 aliphatic rings. The third-order valence-electron chi connectivity index (χ3n) is 4.34. The molecule has 5 nitrogen and oxygen atoms in total. The smallest absolute Gasteiger partial charge is 0.225 e. The number of rotatable bonds is 5. The fraction of sp³-hybridized carbons (Fsp3) is 0.529. The van der Waals surface area contributed by atoms with Gasteiger partial charge in [-0.1, -0.05) is 11.6 Å². The van der Waals surface area contributed by atoms with Crippen molar-refractivity contribution < 1.29 is 9.90 Å². The van der Waals surface area contributed by atoms with Crippen molar-refractivity contribution in [2.75, 3.05) is 25.0 Å². The molecule has 1 unspecified atom stereocenters. The fourth-order valence-electron chi connectivity index (χ4n) is 2.83. The highest BCUT2D eigenvalue weighted by Gasteiger charge is 2.22. The summed E-state index contributed by atoms with van der Waals surface area (Å²) in [5.74, 6) is 0.310. The van der Waals surface area contributed by atoms with Gasteiger partial charge >= 0.3 is 0 Å². The maximum atomic E-state index is 12.0. The lowest BCUT2D eigenvalue weighted by atomic mass is 9.92. The summed E-state index contributed by atoms with van der Waals surface area (Å²) in [6, 6.07) is 6.85. The normalized spacial score (nSPS) is 17.5. The Bertz CT molecular complexity index is 590. The molecule has 1 amide bonds. The van der Waals surface area contributed by atoms with Gasteiger partial charge in [0.1, 0.15) is 6.07 Å². The van der Waals surface area contributed by atoms with Crippen LogP contribution in [0.3, 0.4) is 0 Å². The second-order valence-electron chi connectivity index (χ2n) is 6.02. The number of anilines is 1. The maximum Gasteiger partial charge on any atom is 0.225 e. The van der Waals surface area contributed by atoms with Crippen LogP contribution in [-0.2, 0) is 4.79 Å². The monoisotopic (exact) mass is 335 g/mol. The Labute approximate surface area is 141 Å². The van der Waals surface area contributed by atoms with Crippen LogP contribution in [0.2, 0.25) is 5.02 Å². The number of carbonyl (C=O) groups is 1. The number of carbonyl (C=O) groups excluding carboxylic acids is 1. The number of aliphatic hydroxyl groups excluding tert-OH is 1. The Hall–Kier alpha value is -1.61. The molecule has 0 aromatic heterocycles. The quantitative estimate of drug-likeness (QED) is 0.867. The van der Waals surface area contributed by atoms with Gasteiger partial charge < -0.3 is 15.3 Å². The molecule has 0 spiro atoms. The van der Waals surface area contributed by atoms with Gasteiger partial charge in [0.2, 0.25) is 5.91 Å². The molecular weight excluding hydrogens is 314 g/mol. The lowest BCUT2D eigenvalue weighted by molar-refractivity contribution is -0.116. The standard InChI is InChI=1S/C17H22ClN3O2/c1-12(22)13-4-7-21(8-5-13)9-6-17(23)20-15-3-2-14(11-19)16(18)10-15/h2-3,10,12-13,22H,4-9H2,1H3,(H,20,23). The lowest BCUT2D eigenvalue weighted by Crippen LogP contribution is -2.38. The minimum Gasteiger partial charge on any atom is -0.393 e. The van der Waals surface area contributed by atoms with Crippen LogP contribution in [0.4, 0.5) is 5.69 Å². The Morgan fingerprint density at radius 1 is 1.52 bits per heavy atom. The molecule has 1 aliphatic heterocycles. The highest BCUT2D eigenvalue weighted by atomic mass is 35.5. The van der Waals surface area contributed by atoms with Crippen LogP contribution in [0, 0.1) is 17.2 Å². The van der Waals surface area contributed by atoms with E-state index in [0.717, 1.165) is 25.9 Å². The van der Waals surface area contributed by atoms with Gasteiger partial charge in [0, 0.05) is 18.7 Å². The van der Waals surface area contributed by atoms with Gasteiger partial charge in [0.05, 0.1) is 16.7 Å². The van der Waals surface area contributed by atoms with Gasteiger partial charge in [-0.25, -0.2) is 0 Å². The Morgan fingerprint density at radius 2 is 2.22 bits per heavy atom. The van der Waals surface area contributed by atoms with Crippen molar-refractivity contribution >= 4 is 23.2 Å². The van der Waals surface area contributed by atoms with Gasteiger partial charge in [-0.3, -0.25) is 4.79 Å². The predicted molar refractivity (Wildman–Crippen MR) is 90.3 cm³/mol. The van der Waals surface area contributed by atoms with Crippen molar-refractivity contribution in [1.29, 1.82) is 5.26 Å². The number of nitriles is 1. The van der Waals surface area contributed by atoms with Crippen LogP contribution in [0.5, 0.6) is 0 Å². The van der Waals surface area contributed by atoms with E-state index in [1.54, 1.807) is 18.2 Å². The molecule has 2 N–H and O–H groups in total. The van der Waals surface area contributed by atoms with Crippen molar-refractivity contribution in [1.82, 2.24) is 4.90 Å².